The second-order valence-corrected chi connectivity index (χ2v) is 6.21. The van der Waals surface area contributed by atoms with Gasteiger partial charge in [-0.25, -0.2) is 4.79 Å². The fourth-order valence-electron chi connectivity index (χ4n) is 2.92. The summed E-state index contributed by atoms with van der Waals surface area (Å²) in [4.78, 5) is 15.5. The highest BCUT2D eigenvalue weighted by molar-refractivity contribution is 5.71. The minimum atomic E-state index is -0.300. The summed E-state index contributed by atoms with van der Waals surface area (Å²) < 4.78 is 0. The molecule has 2 N–H and O–H groups in total. The van der Waals surface area contributed by atoms with Crippen LogP contribution in [0.5, 0.6) is 0 Å². The van der Waals surface area contributed by atoms with Gasteiger partial charge in [-0.1, -0.05) is 38.1 Å². The summed E-state index contributed by atoms with van der Waals surface area (Å²) in [6.07, 6.45) is 0.983. The maximum Gasteiger partial charge on any atom is 0.314 e. The normalized spacial score (nSPS) is 18.6. The zero-order valence-electron chi connectivity index (χ0n) is 13.4. The van der Waals surface area contributed by atoms with E-state index in [1.54, 1.807) is 4.90 Å². The second kappa shape index (κ2) is 6.94. The van der Waals surface area contributed by atoms with E-state index in [0.717, 1.165) is 32.6 Å². The highest BCUT2D eigenvalue weighted by Crippen LogP contribution is 2.24. The van der Waals surface area contributed by atoms with Crippen LogP contribution in [0.3, 0.4) is 0 Å². The van der Waals surface area contributed by atoms with Gasteiger partial charge in [0.05, 0.1) is 0 Å². The van der Waals surface area contributed by atoms with Gasteiger partial charge in [0.1, 0.15) is 0 Å². The van der Waals surface area contributed by atoms with Crippen LogP contribution in [-0.4, -0.2) is 42.0 Å². The Kier molecular flexibility index (Phi) is 5.23. The van der Waals surface area contributed by atoms with Crippen molar-refractivity contribution < 1.29 is 4.79 Å². The number of hydrogen-bond acceptors (Lipinski definition) is 2. The van der Waals surface area contributed by atoms with Crippen molar-refractivity contribution in [2.24, 2.45) is 5.73 Å². The fraction of sp³-hybridized carbons (Fsp3) is 0.588. The molecule has 0 radical (unpaired) electrons. The van der Waals surface area contributed by atoms with E-state index < -0.39 is 0 Å². The Morgan fingerprint density at radius 2 is 1.62 bits per heavy atom. The molecule has 1 atom stereocenters. The number of nitrogens with two attached hydrogens (primary N) is 1. The first-order chi connectivity index (χ1) is 9.99. The Balaban J connectivity index is 2.02. The molecule has 21 heavy (non-hydrogen) atoms. The maximum absolute atomic E-state index is 11.3. The van der Waals surface area contributed by atoms with Gasteiger partial charge in [-0.05, 0) is 30.4 Å². The zero-order chi connectivity index (χ0) is 15.4. The molecule has 0 spiro atoms. The molecule has 1 saturated heterocycles. The Labute approximate surface area is 127 Å². The highest BCUT2D eigenvalue weighted by Gasteiger charge is 2.21. The van der Waals surface area contributed by atoms with Gasteiger partial charge in [0.15, 0.2) is 0 Å². The second-order valence-electron chi connectivity index (χ2n) is 6.21. The lowest BCUT2D eigenvalue weighted by Crippen LogP contribution is -2.39. The SMILES string of the molecule is CC(C)c1ccc([C@@H](C)N2CCCN(C(N)=O)CC2)cc1. The third-order valence-corrected chi connectivity index (χ3v) is 4.48. The van der Waals surface area contributed by atoms with Gasteiger partial charge in [-0.2, -0.15) is 0 Å². The van der Waals surface area contributed by atoms with Gasteiger partial charge in [-0.3, -0.25) is 4.90 Å². The summed E-state index contributed by atoms with van der Waals surface area (Å²) in [5.41, 5.74) is 8.10. The number of urea groups is 1. The van der Waals surface area contributed by atoms with Crippen molar-refractivity contribution >= 4 is 6.03 Å². The van der Waals surface area contributed by atoms with Crippen LogP contribution in [0.2, 0.25) is 0 Å². The fourth-order valence-corrected chi connectivity index (χ4v) is 2.92. The lowest BCUT2D eigenvalue weighted by Gasteiger charge is -2.28. The van der Waals surface area contributed by atoms with Gasteiger partial charge >= 0.3 is 6.03 Å². The number of nitrogens with zero attached hydrogens (tertiary/aromatic N) is 2. The quantitative estimate of drug-likeness (QED) is 0.930. The third kappa shape index (κ3) is 3.97. The first kappa shape index (κ1) is 15.8. The average Bonchev–Trinajstić information content (AvgIpc) is 2.72. The Morgan fingerprint density at radius 3 is 2.19 bits per heavy atom. The van der Waals surface area contributed by atoms with E-state index in [1.807, 2.05) is 0 Å². The molecule has 1 aromatic carbocycles. The van der Waals surface area contributed by atoms with Crippen molar-refractivity contribution in [2.75, 3.05) is 26.2 Å². The molecule has 1 heterocycles. The molecule has 1 fully saturated rings. The molecule has 116 valence electrons. The van der Waals surface area contributed by atoms with Crippen LogP contribution in [-0.2, 0) is 0 Å². The van der Waals surface area contributed by atoms with E-state index in [4.69, 9.17) is 5.73 Å². The molecular weight excluding hydrogens is 262 g/mol. The molecule has 1 aliphatic heterocycles. The summed E-state index contributed by atoms with van der Waals surface area (Å²) in [7, 11) is 0. The van der Waals surface area contributed by atoms with E-state index in [1.165, 1.54) is 11.1 Å². The van der Waals surface area contributed by atoms with Crippen molar-refractivity contribution in [1.82, 2.24) is 9.80 Å². The molecule has 0 aliphatic carbocycles. The molecule has 4 heteroatoms. The van der Waals surface area contributed by atoms with Gasteiger partial charge in [-0.15, -0.1) is 0 Å². The first-order valence-electron chi connectivity index (χ1n) is 7.87. The number of primary amides is 1. The van der Waals surface area contributed by atoms with Crippen LogP contribution in [0, 0.1) is 0 Å². The van der Waals surface area contributed by atoms with Crippen LogP contribution in [0.4, 0.5) is 4.79 Å². The van der Waals surface area contributed by atoms with Gasteiger partial charge in [0, 0.05) is 32.2 Å². The van der Waals surface area contributed by atoms with E-state index in [2.05, 4.69) is 49.9 Å². The van der Waals surface area contributed by atoms with Crippen LogP contribution in [0.1, 0.15) is 50.3 Å². The smallest absolute Gasteiger partial charge is 0.314 e. The van der Waals surface area contributed by atoms with E-state index >= 15 is 0 Å². The minimum absolute atomic E-state index is 0.300. The standard InChI is InChI=1S/C17H27N3O/c1-13(2)15-5-7-16(8-6-15)14(3)19-9-4-10-20(12-11-19)17(18)21/h5-8,13-14H,4,9-12H2,1-3H3,(H2,18,21)/t14-/m1/s1. The summed E-state index contributed by atoms with van der Waals surface area (Å²) in [6, 6.07) is 8.99. The number of carbonyl (C=O) groups excluding carboxylic acids is 1. The lowest BCUT2D eigenvalue weighted by molar-refractivity contribution is 0.198. The van der Waals surface area contributed by atoms with Crippen LogP contribution < -0.4 is 5.73 Å². The molecule has 0 aromatic heterocycles. The topological polar surface area (TPSA) is 49.6 Å². The van der Waals surface area contributed by atoms with Crippen molar-refractivity contribution in [1.29, 1.82) is 0 Å². The summed E-state index contributed by atoms with van der Waals surface area (Å²) in [6.45, 7) is 10.1. The summed E-state index contributed by atoms with van der Waals surface area (Å²) >= 11 is 0. The number of hydrogen-bond donors (Lipinski definition) is 1. The highest BCUT2D eigenvalue weighted by atomic mass is 16.2. The summed E-state index contributed by atoms with van der Waals surface area (Å²) in [5, 5.41) is 0. The van der Waals surface area contributed by atoms with Crippen molar-refractivity contribution in [3.05, 3.63) is 35.4 Å². The van der Waals surface area contributed by atoms with Crippen molar-refractivity contribution in [2.45, 2.75) is 39.2 Å². The zero-order valence-corrected chi connectivity index (χ0v) is 13.4. The van der Waals surface area contributed by atoms with Gasteiger partial charge in [0.25, 0.3) is 0 Å². The monoisotopic (exact) mass is 289 g/mol. The van der Waals surface area contributed by atoms with Gasteiger partial charge in [0.2, 0.25) is 0 Å². The average molecular weight is 289 g/mol. The predicted octanol–water partition coefficient (Wildman–Crippen LogP) is 2.96. The molecule has 4 nitrogen and oxygen atoms in total. The maximum atomic E-state index is 11.3. The number of benzene rings is 1. The predicted molar refractivity (Wildman–Crippen MR) is 86.3 cm³/mol. The largest absolute Gasteiger partial charge is 0.351 e. The summed E-state index contributed by atoms with van der Waals surface area (Å²) in [5.74, 6) is 0.566. The number of rotatable bonds is 3. The molecule has 0 unspecified atom stereocenters. The molecule has 2 amide bonds. The van der Waals surface area contributed by atoms with Crippen LogP contribution in [0.15, 0.2) is 24.3 Å². The van der Waals surface area contributed by atoms with Gasteiger partial charge < -0.3 is 10.6 Å². The number of carbonyl (C=O) groups is 1. The Morgan fingerprint density at radius 1 is 1.00 bits per heavy atom. The van der Waals surface area contributed by atoms with Crippen LogP contribution >= 0.6 is 0 Å². The molecule has 2 rings (SSSR count). The number of amides is 2. The molecule has 0 bridgehead atoms. The van der Waals surface area contributed by atoms with E-state index in [-0.39, 0.29) is 6.03 Å². The Bertz CT molecular complexity index is 469. The Hall–Kier alpha value is -1.55. The molecule has 1 aromatic rings. The lowest BCUT2D eigenvalue weighted by atomic mass is 9.99. The van der Waals surface area contributed by atoms with Crippen molar-refractivity contribution in [3.8, 4) is 0 Å². The van der Waals surface area contributed by atoms with Crippen LogP contribution in [0.25, 0.3) is 0 Å². The first-order valence-corrected chi connectivity index (χ1v) is 7.87. The third-order valence-electron chi connectivity index (χ3n) is 4.48. The molecular formula is C17H27N3O. The minimum Gasteiger partial charge on any atom is -0.351 e. The molecule has 0 saturated carbocycles. The van der Waals surface area contributed by atoms with E-state index in [0.29, 0.717) is 12.0 Å². The van der Waals surface area contributed by atoms with Crippen molar-refractivity contribution in [3.63, 3.8) is 0 Å². The van der Waals surface area contributed by atoms with E-state index in [9.17, 15) is 4.79 Å². The molecule has 1 aliphatic rings.